The summed E-state index contributed by atoms with van der Waals surface area (Å²) in [5.74, 6) is 0.437. The number of rotatable bonds is 3. The van der Waals surface area contributed by atoms with Crippen molar-refractivity contribution in [3.8, 4) is 6.07 Å². The molecular formula is C10H12N2O2. The van der Waals surface area contributed by atoms with Crippen molar-refractivity contribution >= 4 is 5.91 Å². The van der Waals surface area contributed by atoms with Crippen molar-refractivity contribution in [1.29, 1.82) is 5.26 Å². The highest BCUT2D eigenvalue weighted by atomic mass is 16.3. The Bertz CT molecular complexity index is 362. The maximum absolute atomic E-state index is 11.8. The zero-order chi connectivity index (χ0) is 10.6. The van der Waals surface area contributed by atoms with Crippen LogP contribution in [0.5, 0.6) is 0 Å². The number of nitriles is 1. The third kappa shape index (κ3) is 1.94. The lowest BCUT2D eigenvalue weighted by Gasteiger charge is -2.16. The summed E-state index contributed by atoms with van der Waals surface area (Å²) in [6.07, 6.45) is 1.47. The van der Waals surface area contributed by atoms with E-state index in [1.807, 2.05) is 13.0 Å². The van der Waals surface area contributed by atoms with Crippen LogP contribution in [0.3, 0.4) is 0 Å². The molecular weight excluding hydrogens is 180 g/mol. The van der Waals surface area contributed by atoms with Crippen molar-refractivity contribution in [2.45, 2.75) is 13.8 Å². The molecule has 1 aromatic rings. The van der Waals surface area contributed by atoms with Crippen molar-refractivity contribution in [3.05, 3.63) is 23.7 Å². The molecule has 0 radical (unpaired) electrons. The van der Waals surface area contributed by atoms with Gasteiger partial charge in [-0.2, -0.15) is 5.26 Å². The average molecular weight is 192 g/mol. The number of nitrogens with zero attached hydrogens (tertiary/aromatic N) is 2. The lowest BCUT2D eigenvalue weighted by Crippen LogP contribution is -2.31. The number of carbonyl (C=O) groups is 1. The van der Waals surface area contributed by atoms with Gasteiger partial charge in [-0.3, -0.25) is 4.79 Å². The van der Waals surface area contributed by atoms with Gasteiger partial charge in [0.15, 0.2) is 0 Å². The third-order valence-electron chi connectivity index (χ3n) is 2.02. The fraction of sp³-hybridized carbons (Fsp3) is 0.400. The van der Waals surface area contributed by atoms with Gasteiger partial charge in [-0.1, -0.05) is 0 Å². The highest BCUT2D eigenvalue weighted by Gasteiger charge is 2.17. The first kappa shape index (κ1) is 10.3. The highest BCUT2D eigenvalue weighted by molar-refractivity contribution is 5.95. The number of hydrogen-bond donors (Lipinski definition) is 0. The molecule has 0 aliphatic carbocycles. The Morgan fingerprint density at radius 3 is 2.86 bits per heavy atom. The topological polar surface area (TPSA) is 57.2 Å². The van der Waals surface area contributed by atoms with Gasteiger partial charge in [0, 0.05) is 6.54 Å². The molecule has 0 N–H and O–H groups in total. The molecule has 4 heteroatoms. The quantitative estimate of drug-likeness (QED) is 0.683. The van der Waals surface area contributed by atoms with Crippen molar-refractivity contribution in [3.63, 3.8) is 0 Å². The maximum Gasteiger partial charge on any atom is 0.258 e. The van der Waals surface area contributed by atoms with Crippen LogP contribution in [0.1, 0.15) is 23.0 Å². The van der Waals surface area contributed by atoms with Crippen LogP contribution >= 0.6 is 0 Å². The fourth-order valence-electron chi connectivity index (χ4n) is 1.19. The van der Waals surface area contributed by atoms with E-state index in [9.17, 15) is 4.79 Å². The molecule has 1 rings (SSSR count). The van der Waals surface area contributed by atoms with Gasteiger partial charge in [0.05, 0.1) is 17.9 Å². The standard InChI is InChI=1S/C10H12N2O2/c1-3-12(6-5-11)10(13)9-4-7-14-8(9)2/h4,7H,3,6H2,1-2H3. The summed E-state index contributed by atoms with van der Waals surface area (Å²) in [4.78, 5) is 13.2. The lowest BCUT2D eigenvalue weighted by atomic mass is 10.2. The average Bonchev–Trinajstić information content (AvgIpc) is 2.59. The second kappa shape index (κ2) is 4.47. The van der Waals surface area contributed by atoms with Crippen molar-refractivity contribution in [2.75, 3.05) is 13.1 Å². The number of hydrogen-bond acceptors (Lipinski definition) is 3. The molecule has 0 unspecified atom stereocenters. The number of aryl methyl sites for hydroxylation is 1. The van der Waals surface area contributed by atoms with Gasteiger partial charge < -0.3 is 9.32 Å². The molecule has 1 heterocycles. The summed E-state index contributed by atoms with van der Waals surface area (Å²) in [6.45, 7) is 4.20. The lowest BCUT2D eigenvalue weighted by molar-refractivity contribution is 0.0782. The van der Waals surface area contributed by atoms with E-state index in [-0.39, 0.29) is 12.5 Å². The molecule has 0 saturated heterocycles. The third-order valence-corrected chi connectivity index (χ3v) is 2.02. The van der Waals surface area contributed by atoms with Crippen LogP contribution in [-0.2, 0) is 0 Å². The Kier molecular flexibility index (Phi) is 3.29. The summed E-state index contributed by atoms with van der Waals surface area (Å²) >= 11 is 0. The van der Waals surface area contributed by atoms with Gasteiger partial charge in [-0.15, -0.1) is 0 Å². The van der Waals surface area contributed by atoms with Gasteiger partial charge in [-0.05, 0) is 19.9 Å². The summed E-state index contributed by atoms with van der Waals surface area (Å²) in [5.41, 5.74) is 0.530. The Morgan fingerprint density at radius 1 is 1.71 bits per heavy atom. The minimum Gasteiger partial charge on any atom is -0.469 e. The van der Waals surface area contributed by atoms with Gasteiger partial charge in [0.25, 0.3) is 5.91 Å². The van der Waals surface area contributed by atoms with E-state index in [0.29, 0.717) is 17.9 Å². The first-order chi connectivity index (χ1) is 6.70. The van der Waals surface area contributed by atoms with Crippen molar-refractivity contribution in [1.82, 2.24) is 4.90 Å². The van der Waals surface area contributed by atoms with Crippen LogP contribution in [0, 0.1) is 18.3 Å². The predicted molar refractivity (Wildman–Crippen MR) is 50.6 cm³/mol. The fourth-order valence-corrected chi connectivity index (χ4v) is 1.19. The summed E-state index contributed by atoms with van der Waals surface area (Å²) in [6, 6.07) is 3.58. The second-order valence-electron chi connectivity index (χ2n) is 2.87. The SMILES string of the molecule is CCN(CC#N)C(=O)c1ccoc1C. The molecule has 14 heavy (non-hydrogen) atoms. The van der Waals surface area contributed by atoms with Crippen molar-refractivity contribution < 1.29 is 9.21 Å². The van der Waals surface area contributed by atoms with Crippen molar-refractivity contribution in [2.24, 2.45) is 0 Å². The van der Waals surface area contributed by atoms with Crippen LogP contribution in [-0.4, -0.2) is 23.9 Å². The van der Waals surface area contributed by atoms with E-state index in [4.69, 9.17) is 9.68 Å². The minimum atomic E-state index is -0.152. The van der Waals surface area contributed by atoms with E-state index < -0.39 is 0 Å². The minimum absolute atomic E-state index is 0.111. The molecule has 0 aliphatic rings. The van der Waals surface area contributed by atoms with Gasteiger partial charge >= 0.3 is 0 Å². The molecule has 74 valence electrons. The maximum atomic E-state index is 11.8. The van der Waals surface area contributed by atoms with Gasteiger partial charge in [0.2, 0.25) is 0 Å². The highest BCUT2D eigenvalue weighted by Crippen LogP contribution is 2.11. The molecule has 0 saturated carbocycles. The first-order valence-corrected chi connectivity index (χ1v) is 4.41. The Hall–Kier alpha value is -1.76. The van der Waals surface area contributed by atoms with Gasteiger partial charge in [0.1, 0.15) is 12.3 Å². The second-order valence-corrected chi connectivity index (χ2v) is 2.87. The normalized spacial score (nSPS) is 9.50. The Labute approximate surface area is 82.7 Å². The summed E-state index contributed by atoms with van der Waals surface area (Å²) in [5, 5.41) is 8.52. The van der Waals surface area contributed by atoms with Crippen LogP contribution < -0.4 is 0 Å². The largest absolute Gasteiger partial charge is 0.469 e. The Balaban J connectivity index is 2.84. The molecule has 0 spiro atoms. The molecule has 0 bridgehead atoms. The van der Waals surface area contributed by atoms with Crippen LogP contribution in [0.2, 0.25) is 0 Å². The zero-order valence-electron chi connectivity index (χ0n) is 8.28. The summed E-state index contributed by atoms with van der Waals surface area (Å²) < 4.78 is 5.03. The van der Waals surface area contributed by atoms with E-state index >= 15 is 0 Å². The summed E-state index contributed by atoms with van der Waals surface area (Å²) in [7, 11) is 0. The first-order valence-electron chi connectivity index (χ1n) is 4.41. The molecule has 4 nitrogen and oxygen atoms in total. The van der Waals surface area contributed by atoms with Gasteiger partial charge in [-0.25, -0.2) is 0 Å². The number of furan rings is 1. The molecule has 0 atom stereocenters. The molecule has 1 aromatic heterocycles. The van der Waals surface area contributed by atoms with Crippen LogP contribution in [0.25, 0.3) is 0 Å². The van der Waals surface area contributed by atoms with E-state index in [2.05, 4.69) is 0 Å². The van der Waals surface area contributed by atoms with E-state index in [1.165, 1.54) is 11.2 Å². The molecule has 0 aromatic carbocycles. The predicted octanol–water partition coefficient (Wildman–Crippen LogP) is 1.57. The Morgan fingerprint density at radius 2 is 2.43 bits per heavy atom. The smallest absolute Gasteiger partial charge is 0.258 e. The monoisotopic (exact) mass is 192 g/mol. The number of amides is 1. The molecule has 0 fully saturated rings. The zero-order valence-corrected chi connectivity index (χ0v) is 8.28. The van der Waals surface area contributed by atoms with E-state index in [0.717, 1.165) is 0 Å². The van der Waals surface area contributed by atoms with E-state index in [1.54, 1.807) is 13.0 Å². The van der Waals surface area contributed by atoms with Crippen LogP contribution in [0.4, 0.5) is 0 Å². The number of carbonyl (C=O) groups excluding carboxylic acids is 1. The molecule has 0 aliphatic heterocycles. The molecule has 1 amide bonds. The van der Waals surface area contributed by atoms with Crippen LogP contribution in [0.15, 0.2) is 16.7 Å².